The molecule has 0 saturated heterocycles. The maximum atomic E-state index is 5.84. The summed E-state index contributed by atoms with van der Waals surface area (Å²) in [5, 5.41) is 14.4. The Morgan fingerprint density at radius 1 is 1.18 bits per heavy atom. The summed E-state index contributed by atoms with van der Waals surface area (Å²) < 4.78 is 0. The highest BCUT2D eigenvalue weighted by Gasteiger charge is 2.04. The SMILES string of the molecule is CCNCc1nnc(Cc2ccc(Cl)cc2)s1. The smallest absolute Gasteiger partial charge is 0.131 e. The molecule has 1 heterocycles. The van der Waals surface area contributed by atoms with Gasteiger partial charge in [-0.15, -0.1) is 10.2 Å². The van der Waals surface area contributed by atoms with Crippen LogP contribution in [0.2, 0.25) is 5.02 Å². The predicted octanol–water partition coefficient (Wildman–Crippen LogP) is 2.89. The Morgan fingerprint density at radius 3 is 2.59 bits per heavy atom. The molecule has 0 spiro atoms. The highest BCUT2D eigenvalue weighted by molar-refractivity contribution is 7.11. The van der Waals surface area contributed by atoms with E-state index in [4.69, 9.17) is 11.6 Å². The molecule has 90 valence electrons. The van der Waals surface area contributed by atoms with Crippen molar-refractivity contribution in [3.63, 3.8) is 0 Å². The maximum Gasteiger partial charge on any atom is 0.131 e. The summed E-state index contributed by atoms with van der Waals surface area (Å²) in [5.74, 6) is 0. The summed E-state index contributed by atoms with van der Waals surface area (Å²) in [6.45, 7) is 3.83. The molecule has 0 saturated carbocycles. The lowest BCUT2D eigenvalue weighted by atomic mass is 10.2. The molecule has 0 radical (unpaired) electrons. The molecule has 0 amide bonds. The first kappa shape index (κ1) is 12.5. The fourth-order valence-corrected chi connectivity index (χ4v) is 2.41. The number of benzene rings is 1. The average molecular weight is 268 g/mol. The summed E-state index contributed by atoms with van der Waals surface area (Å²) >= 11 is 7.50. The van der Waals surface area contributed by atoms with Crippen molar-refractivity contribution >= 4 is 22.9 Å². The van der Waals surface area contributed by atoms with Gasteiger partial charge in [-0.05, 0) is 24.2 Å². The van der Waals surface area contributed by atoms with Gasteiger partial charge in [0.05, 0.1) is 0 Å². The van der Waals surface area contributed by atoms with E-state index in [-0.39, 0.29) is 0 Å². The van der Waals surface area contributed by atoms with Gasteiger partial charge in [0, 0.05) is 18.0 Å². The minimum Gasteiger partial charge on any atom is -0.311 e. The van der Waals surface area contributed by atoms with Gasteiger partial charge < -0.3 is 5.32 Å². The molecule has 0 atom stereocenters. The number of hydrogen-bond acceptors (Lipinski definition) is 4. The fourth-order valence-electron chi connectivity index (χ4n) is 1.44. The number of rotatable bonds is 5. The molecular weight excluding hydrogens is 254 g/mol. The van der Waals surface area contributed by atoms with Crippen LogP contribution in [0.25, 0.3) is 0 Å². The summed E-state index contributed by atoms with van der Waals surface area (Å²) in [4.78, 5) is 0. The first-order valence-corrected chi connectivity index (χ1v) is 6.74. The second-order valence-corrected chi connectivity index (χ2v) is 5.26. The van der Waals surface area contributed by atoms with E-state index in [1.54, 1.807) is 11.3 Å². The molecule has 1 aromatic heterocycles. The van der Waals surface area contributed by atoms with Gasteiger partial charge in [0.2, 0.25) is 0 Å². The van der Waals surface area contributed by atoms with Crippen LogP contribution in [0.5, 0.6) is 0 Å². The molecule has 0 unspecified atom stereocenters. The van der Waals surface area contributed by atoms with Crippen molar-refractivity contribution in [2.24, 2.45) is 0 Å². The van der Waals surface area contributed by atoms with Crippen molar-refractivity contribution in [3.05, 3.63) is 44.9 Å². The van der Waals surface area contributed by atoms with Gasteiger partial charge >= 0.3 is 0 Å². The molecule has 5 heteroatoms. The quantitative estimate of drug-likeness (QED) is 0.905. The van der Waals surface area contributed by atoms with Crippen LogP contribution in [-0.2, 0) is 13.0 Å². The van der Waals surface area contributed by atoms with Crippen LogP contribution in [0.4, 0.5) is 0 Å². The largest absolute Gasteiger partial charge is 0.311 e. The summed E-state index contributed by atoms with van der Waals surface area (Å²) in [7, 11) is 0. The van der Waals surface area contributed by atoms with Crippen LogP contribution in [0, 0.1) is 0 Å². The summed E-state index contributed by atoms with van der Waals surface area (Å²) in [5.41, 5.74) is 1.21. The summed E-state index contributed by atoms with van der Waals surface area (Å²) in [6.07, 6.45) is 0.820. The minimum atomic E-state index is 0.763. The zero-order chi connectivity index (χ0) is 12.1. The Morgan fingerprint density at radius 2 is 1.88 bits per heavy atom. The van der Waals surface area contributed by atoms with Crippen LogP contribution in [-0.4, -0.2) is 16.7 Å². The third-order valence-electron chi connectivity index (χ3n) is 2.30. The van der Waals surface area contributed by atoms with Crippen molar-refractivity contribution < 1.29 is 0 Å². The first-order chi connectivity index (χ1) is 8.28. The highest BCUT2D eigenvalue weighted by Crippen LogP contribution is 2.16. The van der Waals surface area contributed by atoms with E-state index in [0.717, 1.165) is 34.5 Å². The normalized spacial score (nSPS) is 10.7. The molecule has 2 aromatic rings. The predicted molar refractivity (Wildman–Crippen MR) is 71.5 cm³/mol. The van der Waals surface area contributed by atoms with Gasteiger partial charge in [-0.25, -0.2) is 0 Å². The molecule has 17 heavy (non-hydrogen) atoms. The lowest BCUT2D eigenvalue weighted by Gasteiger charge is -1.97. The monoisotopic (exact) mass is 267 g/mol. The standard InChI is InChI=1S/C12H14ClN3S/c1-2-14-8-12-16-15-11(17-12)7-9-3-5-10(13)6-4-9/h3-6,14H,2,7-8H2,1H3. The zero-order valence-electron chi connectivity index (χ0n) is 9.61. The van der Waals surface area contributed by atoms with E-state index >= 15 is 0 Å². The number of halogens is 1. The number of nitrogens with zero attached hydrogens (tertiary/aromatic N) is 2. The second-order valence-electron chi connectivity index (χ2n) is 3.67. The molecular formula is C12H14ClN3S. The van der Waals surface area contributed by atoms with E-state index in [1.807, 2.05) is 24.3 Å². The van der Waals surface area contributed by atoms with E-state index in [2.05, 4.69) is 22.4 Å². The molecule has 1 aromatic carbocycles. The Hall–Kier alpha value is -0.970. The fraction of sp³-hybridized carbons (Fsp3) is 0.333. The molecule has 0 bridgehead atoms. The lowest BCUT2D eigenvalue weighted by molar-refractivity contribution is 0.714. The first-order valence-electron chi connectivity index (χ1n) is 5.54. The Kier molecular flexibility index (Phi) is 4.48. The van der Waals surface area contributed by atoms with Gasteiger partial charge in [-0.2, -0.15) is 0 Å². The van der Waals surface area contributed by atoms with Crippen LogP contribution >= 0.6 is 22.9 Å². The molecule has 0 aliphatic rings. The van der Waals surface area contributed by atoms with Gasteiger partial charge in [-0.1, -0.05) is 42.0 Å². The Bertz CT molecular complexity index is 467. The van der Waals surface area contributed by atoms with Crippen molar-refractivity contribution in [3.8, 4) is 0 Å². The maximum absolute atomic E-state index is 5.84. The minimum absolute atomic E-state index is 0.763. The van der Waals surface area contributed by atoms with Crippen LogP contribution in [0.1, 0.15) is 22.5 Å². The van der Waals surface area contributed by atoms with Crippen molar-refractivity contribution in [1.29, 1.82) is 0 Å². The molecule has 1 N–H and O–H groups in total. The summed E-state index contributed by atoms with van der Waals surface area (Å²) in [6, 6.07) is 7.84. The van der Waals surface area contributed by atoms with Gasteiger partial charge in [0.15, 0.2) is 0 Å². The lowest BCUT2D eigenvalue weighted by Crippen LogP contribution is -2.11. The zero-order valence-corrected chi connectivity index (χ0v) is 11.2. The molecule has 3 nitrogen and oxygen atoms in total. The molecule has 0 fully saturated rings. The third kappa shape index (κ3) is 3.77. The molecule has 0 aliphatic heterocycles. The van der Waals surface area contributed by atoms with Crippen molar-refractivity contribution in [1.82, 2.24) is 15.5 Å². The third-order valence-corrected chi connectivity index (χ3v) is 3.48. The van der Waals surface area contributed by atoms with Gasteiger partial charge in [0.1, 0.15) is 10.0 Å². The Balaban J connectivity index is 1.98. The van der Waals surface area contributed by atoms with Crippen LogP contribution in [0.15, 0.2) is 24.3 Å². The van der Waals surface area contributed by atoms with E-state index < -0.39 is 0 Å². The number of hydrogen-bond donors (Lipinski definition) is 1. The number of nitrogens with one attached hydrogen (secondary N) is 1. The Labute approximate surface area is 110 Å². The van der Waals surface area contributed by atoms with Crippen LogP contribution in [0.3, 0.4) is 0 Å². The average Bonchev–Trinajstić information content (AvgIpc) is 2.77. The van der Waals surface area contributed by atoms with Crippen molar-refractivity contribution in [2.75, 3.05) is 6.54 Å². The topological polar surface area (TPSA) is 37.8 Å². The second kappa shape index (κ2) is 6.10. The van der Waals surface area contributed by atoms with E-state index in [0.29, 0.717) is 0 Å². The van der Waals surface area contributed by atoms with Gasteiger partial charge in [0.25, 0.3) is 0 Å². The van der Waals surface area contributed by atoms with E-state index in [1.165, 1.54) is 5.56 Å². The highest BCUT2D eigenvalue weighted by atomic mass is 35.5. The van der Waals surface area contributed by atoms with Gasteiger partial charge in [-0.3, -0.25) is 0 Å². The number of aromatic nitrogens is 2. The molecule has 0 aliphatic carbocycles. The van der Waals surface area contributed by atoms with E-state index in [9.17, 15) is 0 Å². The molecule has 2 rings (SSSR count). The van der Waals surface area contributed by atoms with Crippen molar-refractivity contribution in [2.45, 2.75) is 19.9 Å². The van der Waals surface area contributed by atoms with Crippen LogP contribution < -0.4 is 5.32 Å².